The van der Waals surface area contributed by atoms with Gasteiger partial charge in [-0.2, -0.15) is 0 Å². The third kappa shape index (κ3) is 4.68. The van der Waals surface area contributed by atoms with Crippen molar-refractivity contribution >= 4 is 17.3 Å². The van der Waals surface area contributed by atoms with E-state index in [9.17, 15) is 4.79 Å². The number of methoxy groups -OCH3 is 1. The van der Waals surface area contributed by atoms with Gasteiger partial charge in [-0.25, -0.2) is 9.78 Å². The number of carbonyl (C=O) groups excluding carboxylic acids is 1. The van der Waals surface area contributed by atoms with E-state index in [1.165, 1.54) is 11.3 Å². The molecule has 0 amide bonds. The van der Waals surface area contributed by atoms with Gasteiger partial charge < -0.3 is 19.3 Å². The van der Waals surface area contributed by atoms with Crippen LogP contribution in [-0.4, -0.2) is 29.8 Å². The molecule has 28 heavy (non-hydrogen) atoms. The summed E-state index contributed by atoms with van der Waals surface area (Å²) in [5, 5.41) is 11.7. The lowest BCUT2D eigenvalue weighted by molar-refractivity contribution is 0.0468. The molecule has 2 aromatic carbocycles. The minimum Gasteiger partial charge on any atom is -0.493 e. The van der Waals surface area contributed by atoms with Crippen molar-refractivity contribution in [2.45, 2.75) is 20.1 Å². The molecule has 3 aromatic rings. The summed E-state index contributed by atoms with van der Waals surface area (Å²) in [6, 6.07) is 12.3. The molecule has 0 aliphatic rings. The minimum atomic E-state index is -0.429. The number of aliphatic hydroxyl groups excluding tert-OH is 1. The van der Waals surface area contributed by atoms with Gasteiger partial charge in [0.2, 0.25) is 0 Å². The predicted octanol–water partition coefficient (Wildman–Crippen LogP) is 4.07. The maximum Gasteiger partial charge on any atom is 0.338 e. The highest BCUT2D eigenvalue weighted by Crippen LogP contribution is 2.33. The van der Waals surface area contributed by atoms with Gasteiger partial charge in [0, 0.05) is 10.9 Å². The third-order valence-electron chi connectivity index (χ3n) is 3.99. The van der Waals surface area contributed by atoms with Gasteiger partial charge >= 0.3 is 5.97 Å². The second-order valence-electron chi connectivity index (χ2n) is 5.87. The minimum absolute atomic E-state index is 0.0622. The maximum absolute atomic E-state index is 12.1. The van der Waals surface area contributed by atoms with Crippen molar-refractivity contribution in [1.82, 2.24) is 4.98 Å². The molecule has 1 N–H and O–H groups in total. The standard InChI is InChI=1S/C21H21NO5S/c1-3-26-18-9-8-16(10-19(18)25-2)20-22-17(13-28-20)12-27-21(24)15-6-4-14(11-23)5-7-15/h4-10,13,23H,3,11-12H2,1-2H3. The maximum atomic E-state index is 12.1. The van der Waals surface area contributed by atoms with E-state index in [0.29, 0.717) is 29.4 Å². The van der Waals surface area contributed by atoms with Crippen LogP contribution in [0, 0.1) is 0 Å². The molecule has 0 aliphatic carbocycles. The van der Waals surface area contributed by atoms with Crippen LogP contribution in [0.4, 0.5) is 0 Å². The van der Waals surface area contributed by atoms with Crippen LogP contribution in [0.5, 0.6) is 11.5 Å². The Balaban J connectivity index is 1.66. The van der Waals surface area contributed by atoms with Crippen molar-refractivity contribution in [2.75, 3.05) is 13.7 Å². The van der Waals surface area contributed by atoms with Gasteiger partial charge in [0.05, 0.1) is 31.6 Å². The van der Waals surface area contributed by atoms with E-state index in [-0.39, 0.29) is 13.2 Å². The van der Waals surface area contributed by atoms with E-state index in [0.717, 1.165) is 16.1 Å². The van der Waals surface area contributed by atoms with Gasteiger partial charge in [-0.1, -0.05) is 12.1 Å². The Hall–Kier alpha value is -2.90. The number of ether oxygens (including phenoxy) is 3. The first-order chi connectivity index (χ1) is 13.6. The molecule has 0 saturated carbocycles. The van der Waals surface area contributed by atoms with E-state index in [1.54, 1.807) is 31.4 Å². The zero-order chi connectivity index (χ0) is 19.9. The number of thiazole rings is 1. The fourth-order valence-corrected chi connectivity index (χ4v) is 3.35. The number of hydrogen-bond acceptors (Lipinski definition) is 7. The van der Waals surface area contributed by atoms with Gasteiger partial charge in [-0.15, -0.1) is 11.3 Å². The smallest absolute Gasteiger partial charge is 0.338 e. The molecule has 146 valence electrons. The first-order valence-electron chi connectivity index (χ1n) is 8.77. The summed E-state index contributed by atoms with van der Waals surface area (Å²) in [5.41, 5.74) is 2.76. The Bertz CT molecular complexity index is 936. The zero-order valence-electron chi connectivity index (χ0n) is 15.7. The SMILES string of the molecule is CCOc1ccc(-c2nc(COC(=O)c3ccc(CO)cc3)cs2)cc1OC. The van der Waals surface area contributed by atoms with E-state index >= 15 is 0 Å². The van der Waals surface area contributed by atoms with Crippen LogP contribution in [0.15, 0.2) is 47.8 Å². The largest absolute Gasteiger partial charge is 0.493 e. The Kier molecular flexibility index (Phi) is 6.62. The summed E-state index contributed by atoms with van der Waals surface area (Å²) >= 11 is 1.47. The number of carbonyl (C=O) groups is 1. The molecule has 0 bridgehead atoms. The molecule has 0 aliphatic heterocycles. The quantitative estimate of drug-likeness (QED) is 0.576. The van der Waals surface area contributed by atoms with Crippen molar-refractivity contribution in [2.24, 2.45) is 0 Å². The highest BCUT2D eigenvalue weighted by molar-refractivity contribution is 7.13. The summed E-state index contributed by atoms with van der Waals surface area (Å²) < 4.78 is 16.2. The highest BCUT2D eigenvalue weighted by atomic mass is 32.1. The van der Waals surface area contributed by atoms with E-state index in [4.69, 9.17) is 19.3 Å². The van der Waals surface area contributed by atoms with Crippen LogP contribution in [0.3, 0.4) is 0 Å². The fraction of sp³-hybridized carbons (Fsp3) is 0.238. The highest BCUT2D eigenvalue weighted by Gasteiger charge is 2.12. The van der Waals surface area contributed by atoms with Crippen LogP contribution in [0.25, 0.3) is 10.6 Å². The molecular weight excluding hydrogens is 378 g/mol. The van der Waals surface area contributed by atoms with Crippen LogP contribution in [0.1, 0.15) is 28.5 Å². The molecule has 0 unspecified atom stereocenters. The molecule has 0 atom stereocenters. The number of nitrogens with zero attached hydrogens (tertiary/aromatic N) is 1. The number of benzene rings is 2. The molecule has 0 spiro atoms. The van der Waals surface area contributed by atoms with Crippen molar-refractivity contribution in [3.63, 3.8) is 0 Å². The number of aliphatic hydroxyl groups is 1. The van der Waals surface area contributed by atoms with Crippen molar-refractivity contribution in [3.8, 4) is 22.1 Å². The van der Waals surface area contributed by atoms with E-state index in [2.05, 4.69) is 4.98 Å². The molecule has 3 rings (SSSR count). The summed E-state index contributed by atoms with van der Waals surface area (Å²) in [6.07, 6.45) is 0. The lowest BCUT2D eigenvalue weighted by Crippen LogP contribution is -2.05. The number of esters is 1. The average Bonchev–Trinajstić information content (AvgIpc) is 3.21. The van der Waals surface area contributed by atoms with Crippen molar-refractivity contribution in [1.29, 1.82) is 0 Å². The summed E-state index contributed by atoms with van der Waals surface area (Å²) in [6.45, 7) is 2.51. The second-order valence-corrected chi connectivity index (χ2v) is 6.73. The van der Waals surface area contributed by atoms with Gasteiger partial charge in [-0.05, 0) is 42.8 Å². The second kappa shape index (κ2) is 9.34. The lowest BCUT2D eigenvalue weighted by atomic mass is 10.1. The van der Waals surface area contributed by atoms with Crippen molar-refractivity contribution in [3.05, 3.63) is 64.7 Å². The van der Waals surface area contributed by atoms with Crippen LogP contribution >= 0.6 is 11.3 Å². The Morgan fingerprint density at radius 1 is 1.14 bits per heavy atom. The van der Waals surface area contributed by atoms with Crippen LogP contribution < -0.4 is 9.47 Å². The molecule has 0 radical (unpaired) electrons. The monoisotopic (exact) mass is 399 g/mol. The number of aromatic nitrogens is 1. The average molecular weight is 399 g/mol. The first kappa shape index (κ1) is 19.9. The van der Waals surface area contributed by atoms with Crippen molar-refractivity contribution < 1.29 is 24.1 Å². The molecule has 0 fully saturated rings. The van der Waals surface area contributed by atoms with Gasteiger partial charge in [0.15, 0.2) is 11.5 Å². The predicted molar refractivity (Wildman–Crippen MR) is 107 cm³/mol. The topological polar surface area (TPSA) is 77.9 Å². The molecule has 1 aromatic heterocycles. The fourth-order valence-electron chi connectivity index (χ4n) is 2.55. The Labute approximate surface area is 167 Å². The van der Waals surface area contributed by atoms with Gasteiger partial charge in [0.1, 0.15) is 11.6 Å². The Morgan fingerprint density at radius 3 is 2.61 bits per heavy atom. The first-order valence-corrected chi connectivity index (χ1v) is 9.65. The normalized spacial score (nSPS) is 10.5. The van der Waals surface area contributed by atoms with Crippen LogP contribution in [0.2, 0.25) is 0 Å². The number of hydrogen-bond donors (Lipinski definition) is 1. The molecule has 6 nitrogen and oxygen atoms in total. The van der Waals surface area contributed by atoms with E-state index < -0.39 is 5.97 Å². The molecular formula is C21H21NO5S. The van der Waals surface area contributed by atoms with Gasteiger partial charge in [-0.3, -0.25) is 0 Å². The van der Waals surface area contributed by atoms with E-state index in [1.807, 2.05) is 30.5 Å². The van der Waals surface area contributed by atoms with Crippen LogP contribution in [-0.2, 0) is 18.0 Å². The summed E-state index contributed by atoms with van der Waals surface area (Å²) in [5.74, 6) is 0.905. The summed E-state index contributed by atoms with van der Waals surface area (Å²) in [7, 11) is 1.60. The molecule has 0 saturated heterocycles. The lowest BCUT2D eigenvalue weighted by Gasteiger charge is -2.09. The zero-order valence-corrected chi connectivity index (χ0v) is 16.5. The van der Waals surface area contributed by atoms with Gasteiger partial charge in [0.25, 0.3) is 0 Å². The third-order valence-corrected chi connectivity index (χ3v) is 4.93. The number of rotatable bonds is 8. The molecule has 1 heterocycles. The molecule has 7 heteroatoms. The Morgan fingerprint density at radius 2 is 1.93 bits per heavy atom. The summed E-state index contributed by atoms with van der Waals surface area (Å²) in [4.78, 5) is 16.7.